The molecule has 1 atom stereocenters. The second-order valence-electron chi connectivity index (χ2n) is 8.37. The maximum absolute atomic E-state index is 12.9. The maximum atomic E-state index is 12.9. The highest BCUT2D eigenvalue weighted by Crippen LogP contribution is 2.30. The van der Waals surface area contributed by atoms with Gasteiger partial charge in [-0.2, -0.15) is 0 Å². The minimum atomic E-state index is -0.150. The first kappa shape index (κ1) is 18.5. The Labute approximate surface area is 154 Å². The van der Waals surface area contributed by atoms with Crippen molar-refractivity contribution in [2.24, 2.45) is 5.92 Å². The second kappa shape index (κ2) is 7.14. The molecule has 1 fully saturated rings. The summed E-state index contributed by atoms with van der Waals surface area (Å²) in [5.41, 5.74) is 0.629. The Kier molecular flexibility index (Phi) is 5.28. The van der Waals surface area contributed by atoms with Crippen LogP contribution in [0.2, 0.25) is 0 Å². The van der Waals surface area contributed by atoms with Crippen LogP contribution in [0.5, 0.6) is 0 Å². The van der Waals surface area contributed by atoms with Crippen molar-refractivity contribution in [1.29, 1.82) is 0 Å². The zero-order chi connectivity index (χ0) is 18.2. The Balaban J connectivity index is 1.76. The molecule has 0 N–H and O–H groups in total. The minimum absolute atomic E-state index is 0.0414. The number of fused-ring (bicyclic) bond motifs is 1. The fraction of sp³-hybridized carbons (Fsp3) is 0.737. The van der Waals surface area contributed by atoms with Gasteiger partial charge >= 0.3 is 0 Å². The number of aromatic nitrogens is 2. The van der Waals surface area contributed by atoms with Crippen LogP contribution in [-0.4, -0.2) is 39.2 Å². The summed E-state index contributed by atoms with van der Waals surface area (Å²) in [6, 6.07) is 1.99. The fourth-order valence-electron chi connectivity index (χ4n) is 3.68. The highest BCUT2D eigenvalue weighted by molar-refractivity contribution is 7.99. The first-order valence-corrected chi connectivity index (χ1v) is 10.3. The average Bonchev–Trinajstić information content (AvgIpc) is 2.60. The Morgan fingerprint density at radius 2 is 1.96 bits per heavy atom. The smallest absolute Gasteiger partial charge is 0.254 e. The summed E-state index contributed by atoms with van der Waals surface area (Å²) < 4.78 is 1.68. The summed E-state index contributed by atoms with van der Waals surface area (Å²) in [6.07, 6.45) is 5.92. The highest BCUT2D eigenvalue weighted by atomic mass is 32.2. The van der Waals surface area contributed by atoms with Crippen molar-refractivity contribution in [3.05, 3.63) is 22.1 Å². The van der Waals surface area contributed by atoms with E-state index >= 15 is 0 Å². The number of rotatable bonds is 2. The van der Waals surface area contributed by atoms with Gasteiger partial charge in [-0.1, -0.05) is 51.8 Å². The third kappa shape index (κ3) is 3.94. The Morgan fingerprint density at radius 3 is 2.60 bits per heavy atom. The largest absolute Gasteiger partial charge is 0.342 e. The lowest BCUT2D eigenvalue weighted by atomic mass is 9.92. The number of carbonyl (C=O) groups excluding carboxylic acids is 1. The molecule has 0 spiro atoms. The van der Waals surface area contributed by atoms with E-state index in [0.29, 0.717) is 18.3 Å². The van der Waals surface area contributed by atoms with E-state index in [4.69, 9.17) is 0 Å². The number of nitrogens with zero attached hydrogens (tertiary/aromatic N) is 3. The molecule has 1 amide bonds. The van der Waals surface area contributed by atoms with Crippen molar-refractivity contribution in [2.75, 3.05) is 12.8 Å². The van der Waals surface area contributed by atoms with Crippen molar-refractivity contribution in [3.63, 3.8) is 0 Å². The molecule has 0 bridgehead atoms. The van der Waals surface area contributed by atoms with E-state index in [9.17, 15) is 9.59 Å². The molecule has 138 valence electrons. The van der Waals surface area contributed by atoms with Crippen LogP contribution in [0.15, 0.2) is 16.0 Å². The van der Waals surface area contributed by atoms with Crippen molar-refractivity contribution < 1.29 is 4.79 Å². The van der Waals surface area contributed by atoms with E-state index in [0.717, 1.165) is 23.7 Å². The second-order valence-corrected chi connectivity index (χ2v) is 9.36. The SMILES string of the molecule is CN(C(=O)C1CSc2nc(C(C)(C)C)cc(=O)n2C1)C1CCCCC1. The van der Waals surface area contributed by atoms with Crippen molar-refractivity contribution in [2.45, 2.75) is 76.0 Å². The molecule has 0 aromatic carbocycles. The van der Waals surface area contributed by atoms with Gasteiger partial charge < -0.3 is 4.90 Å². The lowest BCUT2D eigenvalue weighted by Crippen LogP contribution is -2.45. The van der Waals surface area contributed by atoms with Crippen LogP contribution in [-0.2, 0) is 16.8 Å². The van der Waals surface area contributed by atoms with E-state index in [-0.39, 0.29) is 22.8 Å². The van der Waals surface area contributed by atoms with Gasteiger partial charge in [0.25, 0.3) is 5.56 Å². The standard InChI is InChI=1S/C19H29N3O2S/c1-19(2,3)15-10-16(23)22-11-13(12-25-18(22)20-15)17(24)21(4)14-8-6-5-7-9-14/h10,13-14H,5-9,11-12H2,1-4H3. The van der Waals surface area contributed by atoms with Crippen LogP contribution in [0.25, 0.3) is 0 Å². The molecule has 1 unspecified atom stereocenters. The quantitative estimate of drug-likeness (QED) is 0.758. The molecule has 2 heterocycles. The van der Waals surface area contributed by atoms with Crippen LogP contribution in [0.4, 0.5) is 0 Å². The zero-order valence-electron chi connectivity index (χ0n) is 15.7. The molecule has 1 aromatic heterocycles. The first-order valence-electron chi connectivity index (χ1n) is 9.29. The first-order chi connectivity index (χ1) is 11.8. The number of carbonyl (C=O) groups is 1. The normalized spacial score (nSPS) is 21.7. The molecule has 1 aliphatic heterocycles. The number of hydrogen-bond donors (Lipinski definition) is 0. The van der Waals surface area contributed by atoms with Gasteiger partial charge in [0, 0.05) is 36.9 Å². The topological polar surface area (TPSA) is 55.2 Å². The van der Waals surface area contributed by atoms with Gasteiger partial charge in [0.2, 0.25) is 5.91 Å². The average molecular weight is 364 g/mol. The minimum Gasteiger partial charge on any atom is -0.342 e. The fourth-order valence-corrected chi connectivity index (χ4v) is 4.76. The monoisotopic (exact) mass is 363 g/mol. The molecule has 1 saturated carbocycles. The van der Waals surface area contributed by atoms with Crippen molar-refractivity contribution in [1.82, 2.24) is 14.5 Å². The summed E-state index contributed by atoms with van der Waals surface area (Å²) in [5, 5.41) is 0.752. The Morgan fingerprint density at radius 1 is 1.28 bits per heavy atom. The summed E-state index contributed by atoms with van der Waals surface area (Å²) >= 11 is 1.54. The molecular formula is C19H29N3O2S. The predicted molar refractivity (Wildman–Crippen MR) is 101 cm³/mol. The van der Waals surface area contributed by atoms with Gasteiger partial charge in [0.1, 0.15) is 0 Å². The van der Waals surface area contributed by atoms with Crippen LogP contribution in [0.3, 0.4) is 0 Å². The molecule has 1 aliphatic carbocycles. The van der Waals surface area contributed by atoms with Crippen molar-refractivity contribution in [3.8, 4) is 0 Å². The molecule has 6 heteroatoms. The van der Waals surface area contributed by atoms with Gasteiger partial charge in [-0.15, -0.1) is 0 Å². The molecule has 2 aliphatic rings. The Bertz CT molecular complexity index is 702. The van der Waals surface area contributed by atoms with E-state index in [1.165, 1.54) is 31.0 Å². The third-order valence-electron chi connectivity index (χ3n) is 5.38. The van der Waals surface area contributed by atoms with Gasteiger partial charge in [-0.25, -0.2) is 4.98 Å². The predicted octanol–water partition coefficient (Wildman–Crippen LogP) is 3.05. The molecule has 3 rings (SSSR count). The molecule has 5 nitrogen and oxygen atoms in total. The van der Waals surface area contributed by atoms with Gasteiger partial charge in [-0.3, -0.25) is 14.2 Å². The van der Waals surface area contributed by atoms with Gasteiger partial charge in [-0.05, 0) is 12.8 Å². The van der Waals surface area contributed by atoms with Crippen LogP contribution < -0.4 is 5.56 Å². The maximum Gasteiger partial charge on any atom is 0.254 e. The van der Waals surface area contributed by atoms with Crippen LogP contribution in [0.1, 0.15) is 58.6 Å². The summed E-state index contributed by atoms with van der Waals surface area (Å²) in [6.45, 7) is 6.63. The van der Waals surface area contributed by atoms with Gasteiger partial charge in [0.05, 0.1) is 11.6 Å². The summed E-state index contributed by atoms with van der Waals surface area (Å²) in [4.78, 5) is 32.1. The molecule has 0 saturated heterocycles. The van der Waals surface area contributed by atoms with E-state index in [1.54, 1.807) is 10.6 Å². The molecule has 0 radical (unpaired) electrons. The Hall–Kier alpha value is -1.30. The van der Waals surface area contributed by atoms with E-state index in [1.807, 2.05) is 11.9 Å². The summed E-state index contributed by atoms with van der Waals surface area (Å²) in [5.74, 6) is 0.747. The zero-order valence-corrected chi connectivity index (χ0v) is 16.6. The highest BCUT2D eigenvalue weighted by Gasteiger charge is 2.32. The number of thioether (sulfide) groups is 1. The summed E-state index contributed by atoms with van der Waals surface area (Å²) in [7, 11) is 1.93. The third-order valence-corrected chi connectivity index (χ3v) is 6.52. The van der Waals surface area contributed by atoms with Gasteiger partial charge in [0.15, 0.2) is 5.16 Å². The number of hydrogen-bond acceptors (Lipinski definition) is 4. The van der Waals surface area contributed by atoms with E-state index in [2.05, 4.69) is 25.8 Å². The van der Waals surface area contributed by atoms with Crippen molar-refractivity contribution >= 4 is 17.7 Å². The van der Waals surface area contributed by atoms with E-state index < -0.39 is 0 Å². The lowest BCUT2D eigenvalue weighted by Gasteiger charge is -2.35. The van der Waals surface area contributed by atoms with Crippen LogP contribution >= 0.6 is 11.8 Å². The van der Waals surface area contributed by atoms with Crippen LogP contribution in [0, 0.1) is 5.92 Å². The lowest BCUT2D eigenvalue weighted by molar-refractivity contribution is -0.136. The molecular weight excluding hydrogens is 334 g/mol. The molecule has 1 aromatic rings. The molecule has 25 heavy (non-hydrogen) atoms. The number of amides is 1.